The predicted molar refractivity (Wildman–Crippen MR) is 78.5 cm³/mol. The minimum absolute atomic E-state index is 0.00192. The molecule has 1 unspecified atom stereocenters. The van der Waals surface area contributed by atoms with Crippen molar-refractivity contribution in [3.05, 3.63) is 32.5 Å². The van der Waals surface area contributed by atoms with Crippen molar-refractivity contribution in [1.82, 2.24) is 5.32 Å². The van der Waals surface area contributed by atoms with E-state index in [0.29, 0.717) is 6.42 Å². The lowest BCUT2D eigenvalue weighted by atomic mass is 10.2. The van der Waals surface area contributed by atoms with Gasteiger partial charge in [0.15, 0.2) is 5.75 Å². The third-order valence-corrected chi connectivity index (χ3v) is 3.16. The zero-order valence-corrected chi connectivity index (χ0v) is 13.2. The molecule has 1 aromatic carbocycles. The number of ether oxygens (including phenoxy) is 1. The van der Waals surface area contributed by atoms with Crippen LogP contribution < -0.4 is 10.1 Å². The number of hydrogen-bond acceptors (Lipinski definition) is 5. The molecule has 1 atom stereocenters. The van der Waals surface area contributed by atoms with Gasteiger partial charge in [-0.15, -0.1) is 0 Å². The highest BCUT2D eigenvalue weighted by Gasteiger charge is 2.19. The standard InChI is InChI=1S/C13H15BrFN3O3/c1-8(2)17-9(7-16)3-4-21-13-6-11(15)10(14)5-12(13)18(19)20/h5-6,8-9,17H,3-4H2,1-2H3. The molecule has 0 spiro atoms. The maximum absolute atomic E-state index is 13.4. The second kappa shape index (κ2) is 7.90. The summed E-state index contributed by atoms with van der Waals surface area (Å²) in [6, 6.07) is 3.79. The number of hydrogen-bond donors (Lipinski definition) is 1. The van der Waals surface area contributed by atoms with E-state index in [4.69, 9.17) is 10.00 Å². The number of nitriles is 1. The lowest BCUT2D eigenvalue weighted by Gasteiger charge is -2.14. The molecule has 8 heteroatoms. The molecule has 0 aliphatic rings. The van der Waals surface area contributed by atoms with Crippen LogP contribution in [0, 0.1) is 27.3 Å². The Morgan fingerprint density at radius 2 is 2.24 bits per heavy atom. The van der Waals surface area contributed by atoms with Gasteiger partial charge in [0.05, 0.1) is 28.1 Å². The summed E-state index contributed by atoms with van der Waals surface area (Å²) in [5.74, 6) is -0.797. The van der Waals surface area contributed by atoms with E-state index in [1.807, 2.05) is 13.8 Å². The van der Waals surface area contributed by atoms with E-state index in [1.165, 1.54) is 0 Å². The van der Waals surface area contributed by atoms with Crippen LogP contribution in [-0.4, -0.2) is 23.6 Å². The Labute approximate surface area is 130 Å². The molecule has 21 heavy (non-hydrogen) atoms. The van der Waals surface area contributed by atoms with Gasteiger partial charge in [0, 0.05) is 24.6 Å². The van der Waals surface area contributed by atoms with Gasteiger partial charge in [-0.1, -0.05) is 0 Å². The Morgan fingerprint density at radius 1 is 1.57 bits per heavy atom. The van der Waals surface area contributed by atoms with Gasteiger partial charge in [0.25, 0.3) is 0 Å². The molecular formula is C13H15BrFN3O3. The maximum atomic E-state index is 13.4. The number of rotatable bonds is 7. The van der Waals surface area contributed by atoms with Gasteiger partial charge in [-0.05, 0) is 29.8 Å². The highest BCUT2D eigenvalue weighted by atomic mass is 79.9. The number of nitrogens with one attached hydrogen (secondary N) is 1. The van der Waals surface area contributed by atoms with Crippen molar-refractivity contribution in [3.8, 4) is 11.8 Å². The normalized spacial score (nSPS) is 12.0. The first-order valence-corrected chi connectivity index (χ1v) is 7.06. The first-order chi connectivity index (χ1) is 9.85. The van der Waals surface area contributed by atoms with E-state index in [-0.39, 0.29) is 28.6 Å². The molecule has 6 nitrogen and oxygen atoms in total. The van der Waals surface area contributed by atoms with Crippen LogP contribution in [0.3, 0.4) is 0 Å². The Kier molecular flexibility index (Phi) is 6.52. The number of nitrogens with zero attached hydrogens (tertiary/aromatic N) is 2. The van der Waals surface area contributed by atoms with E-state index in [9.17, 15) is 14.5 Å². The lowest BCUT2D eigenvalue weighted by molar-refractivity contribution is -0.386. The molecule has 0 saturated heterocycles. The number of benzene rings is 1. The average Bonchev–Trinajstić information content (AvgIpc) is 2.40. The van der Waals surface area contributed by atoms with Crippen LogP contribution in [0.25, 0.3) is 0 Å². The largest absolute Gasteiger partial charge is 0.487 e. The minimum atomic E-state index is -0.646. The summed E-state index contributed by atoms with van der Waals surface area (Å²) in [4.78, 5) is 10.3. The second-order valence-corrected chi connectivity index (χ2v) is 5.49. The first-order valence-electron chi connectivity index (χ1n) is 6.27. The highest BCUT2D eigenvalue weighted by molar-refractivity contribution is 9.10. The zero-order valence-electron chi connectivity index (χ0n) is 11.6. The molecule has 1 N–H and O–H groups in total. The summed E-state index contributed by atoms with van der Waals surface area (Å²) >= 11 is 2.89. The highest BCUT2D eigenvalue weighted by Crippen LogP contribution is 2.32. The van der Waals surface area contributed by atoms with Crippen molar-refractivity contribution in [1.29, 1.82) is 5.26 Å². The fraction of sp³-hybridized carbons (Fsp3) is 0.462. The van der Waals surface area contributed by atoms with Crippen LogP contribution in [0.5, 0.6) is 5.75 Å². The van der Waals surface area contributed by atoms with E-state index in [0.717, 1.165) is 12.1 Å². The SMILES string of the molecule is CC(C)NC(C#N)CCOc1cc(F)c(Br)cc1[N+](=O)[O-]. The van der Waals surface area contributed by atoms with Crippen molar-refractivity contribution in [3.63, 3.8) is 0 Å². The molecule has 0 amide bonds. The lowest BCUT2D eigenvalue weighted by Crippen LogP contribution is -2.34. The molecule has 1 rings (SSSR count). The molecule has 114 valence electrons. The van der Waals surface area contributed by atoms with Gasteiger partial charge in [0.1, 0.15) is 5.82 Å². The van der Waals surface area contributed by atoms with Crippen LogP contribution in [0.15, 0.2) is 16.6 Å². The van der Waals surface area contributed by atoms with Gasteiger partial charge >= 0.3 is 5.69 Å². The molecule has 0 fully saturated rings. The summed E-state index contributed by atoms with van der Waals surface area (Å²) in [5, 5.41) is 22.9. The smallest absolute Gasteiger partial charge is 0.312 e. The Hall–Kier alpha value is -1.72. The summed E-state index contributed by atoms with van der Waals surface area (Å²) in [5.41, 5.74) is -0.325. The van der Waals surface area contributed by atoms with Crippen LogP contribution >= 0.6 is 15.9 Å². The molecule has 0 aromatic heterocycles. The number of nitro benzene ring substituents is 1. The van der Waals surface area contributed by atoms with E-state index in [2.05, 4.69) is 27.3 Å². The second-order valence-electron chi connectivity index (χ2n) is 4.63. The van der Waals surface area contributed by atoms with Gasteiger partial charge < -0.3 is 4.74 Å². The van der Waals surface area contributed by atoms with Crippen LogP contribution in [0.4, 0.5) is 10.1 Å². The van der Waals surface area contributed by atoms with Crippen LogP contribution in [0.2, 0.25) is 0 Å². The summed E-state index contributed by atoms with van der Waals surface area (Å²) in [6.45, 7) is 3.88. The van der Waals surface area contributed by atoms with Crippen molar-refractivity contribution in [2.24, 2.45) is 0 Å². The molecule has 1 aromatic rings. The van der Waals surface area contributed by atoms with E-state index in [1.54, 1.807) is 0 Å². The minimum Gasteiger partial charge on any atom is -0.487 e. The van der Waals surface area contributed by atoms with Crippen molar-refractivity contribution in [2.75, 3.05) is 6.61 Å². The summed E-state index contributed by atoms with van der Waals surface area (Å²) in [6.07, 6.45) is 0.337. The fourth-order valence-corrected chi connectivity index (χ4v) is 1.98. The molecule has 0 aliphatic carbocycles. The molecular weight excluding hydrogens is 345 g/mol. The van der Waals surface area contributed by atoms with Crippen LogP contribution in [0.1, 0.15) is 20.3 Å². The topological polar surface area (TPSA) is 88.2 Å². The summed E-state index contributed by atoms with van der Waals surface area (Å²) < 4.78 is 18.7. The molecule has 0 aliphatic heterocycles. The Bertz CT molecular complexity index is 560. The Balaban J connectivity index is 2.73. The predicted octanol–water partition coefficient (Wildman–Crippen LogP) is 3.16. The van der Waals surface area contributed by atoms with Crippen molar-refractivity contribution >= 4 is 21.6 Å². The van der Waals surface area contributed by atoms with Gasteiger partial charge in [0.2, 0.25) is 0 Å². The number of halogens is 2. The average molecular weight is 360 g/mol. The fourth-order valence-electron chi connectivity index (χ4n) is 1.65. The third kappa shape index (κ3) is 5.28. The van der Waals surface area contributed by atoms with Gasteiger partial charge in [-0.25, -0.2) is 4.39 Å². The quantitative estimate of drug-likeness (QED) is 0.596. The molecule has 0 bridgehead atoms. The molecule has 0 heterocycles. The van der Waals surface area contributed by atoms with Crippen LogP contribution in [-0.2, 0) is 0 Å². The maximum Gasteiger partial charge on any atom is 0.312 e. The number of nitro groups is 1. The molecule has 0 radical (unpaired) electrons. The van der Waals surface area contributed by atoms with Gasteiger partial charge in [-0.3, -0.25) is 15.4 Å². The third-order valence-electron chi connectivity index (χ3n) is 2.55. The van der Waals surface area contributed by atoms with E-state index >= 15 is 0 Å². The monoisotopic (exact) mass is 359 g/mol. The molecule has 0 saturated carbocycles. The van der Waals surface area contributed by atoms with Crippen molar-refractivity contribution in [2.45, 2.75) is 32.4 Å². The van der Waals surface area contributed by atoms with E-state index < -0.39 is 16.8 Å². The summed E-state index contributed by atoms with van der Waals surface area (Å²) in [7, 11) is 0. The zero-order chi connectivity index (χ0) is 16.0. The van der Waals surface area contributed by atoms with Crippen molar-refractivity contribution < 1.29 is 14.1 Å². The Morgan fingerprint density at radius 3 is 2.76 bits per heavy atom. The first kappa shape index (κ1) is 17.3. The van der Waals surface area contributed by atoms with Gasteiger partial charge in [-0.2, -0.15) is 5.26 Å².